The number of fused-ring (bicyclic) bond motifs is 1. The number of ether oxygens (including phenoxy) is 4. The summed E-state index contributed by atoms with van der Waals surface area (Å²) >= 11 is 0. The van der Waals surface area contributed by atoms with Crippen molar-refractivity contribution < 1.29 is 28.5 Å². The summed E-state index contributed by atoms with van der Waals surface area (Å²) in [4.78, 5) is 32.1. The van der Waals surface area contributed by atoms with Crippen LogP contribution in [-0.2, 0) is 28.5 Å². The average molecular weight is 582 g/mol. The van der Waals surface area contributed by atoms with E-state index in [0.29, 0.717) is 22.7 Å². The third kappa shape index (κ3) is 6.43. The minimum absolute atomic E-state index is 0.0608. The molecule has 5 rings (SSSR count). The lowest BCUT2D eigenvalue weighted by atomic mass is 9.75. The second-order valence-corrected chi connectivity index (χ2v) is 10.3. The number of allylic oxidation sites excluding steroid dienone is 1. The van der Waals surface area contributed by atoms with E-state index in [1.165, 1.54) is 14.2 Å². The summed E-state index contributed by atoms with van der Waals surface area (Å²) in [6.07, 6.45) is 1.88. The van der Waals surface area contributed by atoms with E-state index in [9.17, 15) is 9.59 Å². The fourth-order valence-corrected chi connectivity index (χ4v) is 5.44. The zero-order valence-electron chi connectivity index (χ0n) is 24.8. The molecule has 0 fully saturated rings. The lowest BCUT2D eigenvalue weighted by Crippen LogP contribution is -2.37. The van der Waals surface area contributed by atoms with Gasteiger partial charge >= 0.3 is 11.9 Å². The molecular formula is C34H35N3O6. The Morgan fingerprint density at radius 3 is 2.21 bits per heavy atom. The summed E-state index contributed by atoms with van der Waals surface area (Å²) in [5.74, 6) is -2.74. The van der Waals surface area contributed by atoms with Crippen molar-refractivity contribution in [2.45, 2.75) is 19.8 Å². The Balaban J connectivity index is 1.71. The number of aromatic nitrogens is 2. The van der Waals surface area contributed by atoms with Gasteiger partial charge in [0.25, 0.3) is 0 Å². The van der Waals surface area contributed by atoms with Crippen LogP contribution < -0.4 is 0 Å². The largest absolute Gasteiger partial charge is 0.463 e. The van der Waals surface area contributed by atoms with Gasteiger partial charge in [0, 0.05) is 48.9 Å². The van der Waals surface area contributed by atoms with Crippen molar-refractivity contribution in [1.29, 1.82) is 0 Å². The van der Waals surface area contributed by atoms with Gasteiger partial charge in [-0.05, 0) is 42.8 Å². The van der Waals surface area contributed by atoms with Crippen molar-refractivity contribution >= 4 is 28.4 Å². The molecule has 0 amide bonds. The molecule has 1 aromatic heterocycles. The molecule has 43 heavy (non-hydrogen) atoms. The highest BCUT2D eigenvalue weighted by Crippen LogP contribution is 2.44. The Morgan fingerprint density at radius 2 is 1.49 bits per heavy atom. The number of nitrogens with zero attached hydrogens (tertiary/aromatic N) is 3. The van der Waals surface area contributed by atoms with Crippen LogP contribution in [0.1, 0.15) is 25.3 Å². The molecule has 222 valence electrons. The zero-order valence-corrected chi connectivity index (χ0v) is 24.8. The molecular weight excluding hydrogens is 546 g/mol. The Morgan fingerprint density at radius 1 is 0.814 bits per heavy atom. The van der Waals surface area contributed by atoms with Crippen LogP contribution in [0.15, 0.2) is 95.3 Å². The van der Waals surface area contributed by atoms with Gasteiger partial charge in [0.15, 0.2) is 0 Å². The first-order valence-corrected chi connectivity index (χ1v) is 14.1. The second kappa shape index (κ2) is 13.6. The molecule has 1 aliphatic heterocycles. The van der Waals surface area contributed by atoms with Gasteiger partial charge in [-0.2, -0.15) is 5.10 Å². The normalized spacial score (nSPS) is 16.7. The van der Waals surface area contributed by atoms with Crippen molar-refractivity contribution in [3.05, 3.63) is 95.8 Å². The van der Waals surface area contributed by atoms with Crippen LogP contribution in [0.4, 0.5) is 0 Å². The molecule has 9 nitrogen and oxygen atoms in total. The molecule has 2 heterocycles. The van der Waals surface area contributed by atoms with Crippen molar-refractivity contribution in [2.24, 2.45) is 10.9 Å². The lowest BCUT2D eigenvalue weighted by molar-refractivity contribution is -0.148. The predicted octanol–water partition coefficient (Wildman–Crippen LogP) is 5.52. The number of esters is 2. The zero-order chi connectivity index (χ0) is 30.3. The first-order chi connectivity index (χ1) is 20.9. The van der Waals surface area contributed by atoms with Gasteiger partial charge in [-0.3, -0.25) is 9.79 Å². The third-order valence-corrected chi connectivity index (χ3v) is 7.48. The standard InChI is InChI=1S/C34H35N3O6/c1-22-29(33(38)42-18-16-40-3)31(30(23(2)35-22)34(39)43-19-17-41-4)28-21-37(27-12-6-5-7-13-27)36-32(28)26-15-14-24-10-8-9-11-25(24)20-26/h5-15,20-21,29,31H,16-19H2,1-4H3. The van der Waals surface area contributed by atoms with Gasteiger partial charge in [0.2, 0.25) is 0 Å². The van der Waals surface area contributed by atoms with Crippen LogP contribution in [0.2, 0.25) is 0 Å². The van der Waals surface area contributed by atoms with Crippen LogP contribution >= 0.6 is 0 Å². The van der Waals surface area contributed by atoms with Crippen molar-refractivity contribution in [2.75, 3.05) is 40.6 Å². The van der Waals surface area contributed by atoms with Crippen LogP contribution in [0, 0.1) is 5.92 Å². The van der Waals surface area contributed by atoms with E-state index in [1.54, 1.807) is 18.5 Å². The van der Waals surface area contributed by atoms with Crippen LogP contribution in [0.5, 0.6) is 0 Å². The van der Waals surface area contributed by atoms with E-state index >= 15 is 0 Å². The predicted molar refractivity (Wildman–Crippen MR) is 164 cm³/mol. The fourth-order valence-electron chi connectivity index (χ4n) is 5.44. The molecule has 0 radical (unpaired) electrons. The van der Waals surface area contributed by atoms with Gasteiger partial charge in [-0.25, -0.2) is 9.48 Å². The lowest BCUT2D eigenvalue weighted by Gasteiger charge is -2.31. The van der Waals surface area contributed by atoms with E-state index in [-0.39, 0.29) is 32.0 Å². The number of para-hydroxylation sites is 1. The molecule has 3 aromatic carbocycles. The summed E-state index contributed by atoms with van der Waals surface area (Å²) in [6, 6.07) is 23.9. The molecule has 0 saturated heterocycles. The number of benzene rings is 3. The summed E-state index contributed by atoms with van der Waals surface area (Å²) in [6.45, 7) is 4.15. The van der Waals surface area contributed by atoms with Crippen LogP contribution in [-0.4, -0.2) is 68.1 Å². The summed E-state index contributed by atoms with van der Waals surface area (Å²) in [5.41, 5.74) is 4.29. The Bertz CT molecular complexity index is 1670. The second-order valence-electron chi connectivity index (χ2n) is 10.3. The summed E-state index contributed by atoms with van der Waals surface area (Å²) in [7, 11) is 3.08. The summed E-state index contributed by atoms with van der Waals surface area (Å²) < 4.78 is 23.2. The minimum Gasteiger partial charge on any atom is -0.463 e. The van der Waals surface area contributed by atoms with Crippen molar-refractivity contribution in [1.82, 2.24) is 9.78 Å². The van der Waals surface area contributed by atoms with Crippen molar-refractivity contribution in [3.63, 3.8) is 0 Å². The molecule has 0 bridgehead atoms. The number of carbonyl (C=O) groups is 2. The molecule has 1 aliphatic rings. The highest BCUT2D eigenvalue weighted by molar-refractivity contribution is 6.07. The highest BCUT2D eigenvalue weighted by atomic mass is 16.6. The third-order valence-electron chi connectivity index (χ3n) is 7.48. The van der Waals surface area contributed by atoms with Gasteiger partial charge < -0.3 is 18.9 Å². The maximum atomic E-state index is 13.7. The number of hydrogen-bond donors (Lipinski definition) is 0. The quantitative estimate of drug-likeness (QED) is 0.170. The van der Waals surface area contributed by atoms with Gasteiger partial charge in [0.05, 0.1) is 30.2 Å². The highest BCUT2D eigenvalue weighted by Gasteiger charge is 2.44. The SMILES string of the molecule is COCCOC(=O)C1=C(C)N=C(C)C(C(=O)OCCOC)C1c1cn(-c2ccccc2)nc1-c1ccc2ccccc2c1. The van der Waals surface area contributed by atoms with E-state index in [2.05, 4.69) is 17.1 Å². The van der Waals surface area contributed by atoms with E-state index in [1.807, 2.05) is 66.9 Å². The molecule has 4 aromatic rings. The minimum atomic E-state index is -0.891. The Kier molecular flexibility index (Phi) is 9.44. The van der Waals surface area contributed by atoms with E-state index in [4.69, 9.17) is 24.0 Å². The topological polar surface area (TPSA) is 101 Å². The number of hydrogen-bond acceptors (Lipinski definition) is 8. The van der Waals surface area contributed by atoms with Crippen LogP contribution in [0.25, 0.3) is 27.7 Å². The maximum absolute atomic E-state index is 13.7. The van der Waals surface area contributed by atoms with Crippen molar-refractivity contribution in [3.8, 4) is 16.9 Å². The maximum Gasteiger partial charge on any atom is 0.336 e. The first-order valence-electron chi connectivity index (χ1n) is 14.1. The van der Waals surface area contributed by atoms with Gasteiger partial charge in [-0.1, -0.05) is 54.6 Å². The van der Waals surface area contributed by atoms with E-state index in [0.717, 1.165) is 22.0 Å². The number of carbonyl (C=O) groups excluding carboxylic acids is 2. The molecule has 0 N–H and O–H groups in total. The van der Waals surface area contributed by atoms with E-state index < -0.39 is 23.8 Å². The molecule has 2 atom stereocenters. The monoisotopic (exact) mass is 581 g/mol. The molecule has 0 saturated carbocycles. The number of methoxy groups -OCH3 is 2. The smallest absolute Gasteiger partial charge is 0.336 e. The average Bonchev–Trinajstić information content (AvgIpc) is 3.46. The number of rotatable bonds is 11. The first kappa shape index (κ1) is 29.9. The fraction of sp³-hybridized carbons (Fsp3) is 0.294. The van der Waals surface area contributed by atoms with Gasteiger partial charge in [0.1, 0.15) is 19.1 Å². The Hall–Kier alpha value is -4.60. The molecule has 2 unspecified atom stereocenters. The molecule has 9 heteroatoms. The summed E-state index contributed by atoms with van der Waals surface area (Å²) in [5, 5.41) is 7.17. The molecule has 0 aliphatic carbocycles. The van der Waals surface area contributed by atoms with Gasteiger partial charge in [-0.15, -0.1) is 0 Å². The van der Waals surface area contributed by atoms with Crippen LogP contribution in [0.3, 0.4) is 0 Å². The number of aliphatic imine (C=N–C) groups is 1. The molecule has 0 spiro atoms. The Labute approximate surface area is 250 Å².